The predicted octanol–water partition coefficient (Wildman–Crippen LogP) is -2.65. The van der Waals surface area contributed by atoms with E-state index in [1.54, 1.807) is 6.07 Å². The molecule has 45 heavy (non-hydrogen) atoms. The van der Waals surface area contributed by atoms with E-state index in [-0.39, 0.29) is 28.6 Å². The van der Waals surface area contributed by atoms with Crippen LogP contribution in [0.4, 0.5) is 11.8 Å². The molecule has 2 aliphatic rings. The second-order valence-electron chi connectivity index (χ2n) is 9.98. The maximum absolute atomic E-state index is 13.2. The number of ether oxygens (including phenoxy) is 2. The molecular formula is C21H27N9O13P2. The molecular weight excluding hydrogens is 648 g/mol. The molecule has 2 fully saturated rings. The summed E-state index contributed by atoms with van der Waals surface area (Å²) in [7, 11) is -8.80. The molecule has 0 radical (unpaired) electrons. The number of nitrogens with two attached hydrogens (primary N) is 2. The standard InChI is InChI=1S/C21H27N9O13P2/c22-17-8-2-1-7(30(8)26-5-24-17)14-13(33)15(42-44(35)36)10(40-14)4-39-45(37,38)43-16-12(32)9(3-31)41-20(16)29-6-25-11-18(29)27-21(23)28-19(11)34/h1-2,5-6,9-10,12-16,20,31-33,44H,3-4H2,(H,35,36)(H,37,38)(H2,22,24,26)(H3,23,27,28,34)/t9-,10-,12-,13+,14+,15-,16-,20-/m1/s1. The highest BCUT2D eigenvalue weighted by molar-refractivity contribution is 7.47. The van der Waals surface area contributed by atoms with Gasteiger partial charge >= 0.3 is 16.1 Å². The summed E-state index contributed by atoms with van der Waals surface area (Å²) in [5.74, 6) is -0.145. The first-order valence-electron chi connectivity index (χ1n) is 13.0. The highest BCUT2D eigenvalue weighted by atomic mass is 31.2. The topological polar surface area (TPSA) is 327 Å². The van der Waals surface area contributed by atoms with E-state index in [1.807, 2.05) is 0 Å². The van der Waals surface area contributed by atoms with Gasteiger partial charge in [-0.25, -0.2) is 19.0 Å². The molecule has 4 aromatic heterocycles. The van der Waals surface area contributed by atoms with E-state index in [1.165, 1.54) is 16.9 Å². The number of H-pyrrole nitrogens is 1. The molecule has 0 spiro atoms. The van der Waals surface area contributed by atoms with Crippen molar-refractivity contribution in [1.29, 1.82) is 0 Å². The van der Waals surface area contributed by atoms with Gasteiger partial charge in [0.15, 0.2) is 23.2 Å². The predicted molar refractivity (Wildman–Crippen MR) is 147 cm³/mol. The number of imidazole rings is 1. The van der Waals surface area contributed by atoms with Crippen molar-refractivity contribution >= 4 is 44.5 Å². The van der Waals surface area contributed by atoms with Crippen LogP contribution in [0, 0.1) is 0 Å². The Morgan fingerprint density at radius 2 is 1.91 bits per heavy atom. The number of rotatable bonds is 10. The molecule has 244 valence electrons. The number of nitrogen functional groups attached to an aromatic ring is 2. The molecule has 24 heteroatoms. The molecule has 0 bridgehead atoms. The van der Waals surface area contributed by atoms with E-state index in [2.05, 4.69) is 25.0 Å². The quantitative estimate of drug-likeness (QED) is 0.0795. The van der Waals surface area contributed by atoms with Crippen LogP contribution in [0.2, 0.25) is 0 Å². The van der Waals surface area contributed by atoms with Crippen molar-refractivity contribution in [3.63, 3.8) is 0 Å². The summed E-state index contributed by atoms with van der Waals surface area (Å²) in [5.41, 5.74) is 11.2. The molecule has 2 aliphatic heterocycles. The fraction of sp³-hybridized carbons (Fsp3) is 0.476. The molecule has 10 N–H and O–H groups in total. The number of aliphatic hydroxyl groups is 3. The van der Waals surface area contributed by atoms with Crippen LogP contribution in [-0.4, -0.2) is 109 Å². The maximum atomic E-state index is 13.2. The second-order valence-corrected chi connectivity index (χ2v) is 12.2. The number of nitrogens with one attached hydrogen (secondary N) is 1. The lowest BCUT2D eigenvalue weighted by molar-refractivity contribution is -0.0546. The van der Waals surface area contributed by atoms with Crippen molar-refractivity contribution in [2.75, 3.05) is 24.7 Å². The van der Waals surface area contributed by atoms with Gasteiger partial charge in [-0.3, -0.25) is 28.0 Å². The Bertz CT molecular complexity index is 1850. The molecule has 0 aliphatic carbocycles. The van der Waals surface area contributed by atoms with Gasteiger partial charge in [-0.1, -0.05) is 0 Å². The molecule has 6 heterocycles. The minimum atomic E-state index is -5.15. The van der Waals surface area contributed by atoms with Crippen molar-refractivity contribution in [2.24, 2.45) is 0 Å². The average molecular weight is 675 g/mol. The van der Waals surface area contributed by atoms with Crippen molar-refractivity contribution in [3.05, 3.63) is 40.8 Å². The number of aliphatic hydroxyl groups excluding tert-OH is 3. The fourth-order valence-electron chi connectivity index (χ4n) is 5.26. The first-order valence-corrected chi connectivity index (χ1v) is 15.8. The molecule has 0 amide bonds. The number of phosphoric ester groups is 1. The summed E-state index contributed by atoms with van der Waals surface area (Å²) < 4.78 is 54.0. The third-order valence-corrected chi connectivity index (χ3v) is 8.71. The van der Waals surface area contributed by atoms with Gasteiger partial charge in [0.1, 0.15) is 54.6 Å². The van der Waals surface area contributed by atoms with Gasteiger partial charge in [0, 0.05) is 0 Å². The van der Waals surface area contributed by atoms with E-state index in [4.69, 9.17) is 34.5 Å². The van der Waals surface area contributed by atoms with Crippen LogP contribution in [0.25, 0.3) is 16.7 Å². The van der Waals surface area contributed by atoms with E-state index >= 15 is 0 Å². The van der Waals surface area contributed by atoms with Gasteiger partial charge in [0.25, 0.3) is 5.56 Å². The summed E-state index contributed by atoms with van der Waals surface area (Å²) in [6.45, 7) is -1.54. The lowest BCUT2D eigenvalue weighted by Gasteiger charge is -2.25. The largest absolute Gasteiger partial charge is 0.472 e. The van der Waals surface area contributed by atoms with E-state index in [0.717, 1.165) is 10.9 Å². The lowest BCUT2D eigenvalue weighted by atomic mass is 10.1. The van der Waals surface area contributed by atoms with Gasteiger partial charge in [0.05, 0.1) is 25.2 Å². The van der Waals surface area contributed by atoms with Crippen molar-refractivity contribution in [3.8, 4) is 0 Å². The van der Waals surface area contributed by atoms with Crippen LogP contribution >= 0.6 is 16.1 Å². The zero-order valence-electron chi connectivity index (χ0n) is 22.6. The maximum Gasteiger partial charge on any atom is 0.472 e. The third-order valence-electron chi connectivity index (χ3n) is 7.25. The number of anilines is 2. The number of nitrogens with zero attached hydrogens (tertiary/aromatic N) is 6. The van der Waals surface area contributed by atoms with Crippen LogP contribution in [0.3, 0.4) is 0 Å². The van der Waals surface area contributed by atoms with Crippen LogP contribution in [0.1, 0.15) is 18.0 Å². The normalized spacial score (nSPS) is 30.7. The molecule has 2 saturated heterocycles. The van der Waals surface area contributed by atoms with E-state index in [9.17, 15) is 39.0 Å². The van der Waals surface area contributed by atoms with Crippen LogP contribution in [0.5, 0.6) is 0 Å². The number of phosphoric acid groups is 1. The molecule has 6 rings (SSSR count). The highest BCUT2D eigenvalue weighted by Crippen LogP contribution is 2.50. The smallest absolute Gasteiger partial charge is 0.394 e. The number of hydrogen-bond acceptors (Lipinski definition) is 17. The summed E-state index contributed by atoms with van der Waals surface area (Å²) in [6, 6.07) is 3.07. The van der Waals surface area contributed by atoms with Gasteiger partial charge in [-0.05, 0) is 12.1 Å². The lowest BCUT2D eigenvalue weighted by Crippen LogP contribution is -2.36. The highest BCUT2D eigenvalue weighted by Gasteiger charge is 2.51. The third kappa shape index (κ3) is 5.87. The Labute approximate surface area is 250 Å². The Morgan fingerprint density at radius 1 is 1.13 bits per heavy atom. The summed E-state index contributed by atoms with van der Waals surface area (Å²) >= 11 is 0. The van der Waals surface area contributed by atoms with Crippen molar-refractivity contribution in [2.45, 2.75) is 49.0 Å². The number of fused-ring (bicyclic) bond motifs is 2. The second kappa shape index (κ2) is 12.1. The Morgan fingerprint density at radius 3 is 2.64 bits per heavy atom. The minimum absolute atomic E-state index is 0.113. The van der Waals surface area contributed by atoms with Crippen molar-refractivity contribution < 1.29 is 57.3 Å². The summed E-state index contributed by atoms with van der Waals surface area (Å²) in [4.78, 5) is 46.4. The van der Waals surface area contributed by atoms with Gasteiger partial charge in [-0.15, -0.1) is 0 Å². The van der Waals surface area contributed by atoms with Gasteiger partial charge in [-0.2, -0.15) is 10.1 Å². The fourth-order valence-corrected chi connectivity index (χ4v) is 6.71. The van der Waals surface area contributed by atoms with E-state index < -0.39 is 83.8 Å². The first-order chi connectivity index (χ1) is 21.4. The Balaban J connectivity index is 1.22. The molecule has 2 unspecified atom stereocenters. The number of hydrogen-bond donors (Lipinski definition) is 8. The first kappa shape index (κ1) is 31.6. The van der Waals surface area contributed by atoms with E-state index in [0.29, 0.717) is 5.52 Å². The molecule has 0 aromatic carbocycles. The van der Waals surface area contributed by atoms with Crippen LogP contribution in [0.15, 0.2) is 29.6 Å². The molecule has 22 nitrogen and oxygen atoms in total. The average Bonchev–Trinajstić information content (AvgIpc) is 3.73. The van der Waals surface area contributed by atoms with Gasteiger partial charge in [0.2, 0.25) is 5.95 Å². The van der Waals surface area contributed by atoms with Crippen LogP contribution in [-0.2, 0) is 32.2 Å². The van der Waals surface area contributed by atoms with Crippen molar-refractivity contribution in [1.82, 2.24) is 34.1 Å². The van der Waals surface area contributed by atoms with Gasteiger partial charge < -0.3 is 50.6 Å². The minimum Gasteiger partial charge on any atom is -0.394 e. The summed E-state index contributed by atoms with van der Waals surface area (Å²) in [6.07, 6.45) is -9.61. The number of aromatic nitrogens is 7. The summed E-state index contributed by atoms with van der Waals surface area (Å²) in [5, 5.41) is 35.5. The van der Waals surface area contributed by atoms with Crippen LogP contribution < -0.4 is 17.0 Å². The zero-order chi connectivity index (χ0) is 32.2. The molecule has 0 saturated carbocycles. The monoisotopic (exact) mass is 675 g/mol. The Kier molecular flexibility index (Phi) is 8.50. The molecule has 4 aromatic rings. The number of aromatic amines is 1. The zero-order valence-corrected chi connectivity index (χ0v) is 24.5. The Hall–Kier alpha value is -3.37. The molecule has 10 atom stereocenters. The SMILES string of the molecule is Nc1nc2c(ncn2[C@@H]2O[C@H](CO)[C@@H](O)[C@H]2OP(=O)(O)OC[C@H]2O[C@@H](c3ccc4c(N)ncnn34)[C@H](O)[C@@H]2O[PH](=O)O)c(=O)[nH]1.